The fraction of sp³-hybridized carbons (Fsp3) is 0.941. The summed E-state index contributed by atoms with van der Waals surface area (Å²) >= 11 is 0. The van der Waals surface area contributed by atoms with E-state index in [0.717, 1.165) is 13.0 Å². The summed E-state index contributed by atoms with van der Waals surface area (Å²) in [6, 6.07) is 0. The van der Waals surface area contributed by atoms with Gasteiger partial charge in [0, 0.05) is 6.61 Å². The van der Waals surface area contributed by atoms with E-state index in [9.17, 15) is 0 Å². The zero-order chi connectivity index (χ0) is 14.8. The second-order valence-electron chi connectivity index (χ2n) is 7.29. The Morgan fingerprint density at radius 3 is 1.63 bits per heavy atom. The molecule has 0 saturated carbocycles. The van der Waals surface area contributed by atoms with E-state index in [0.29, 0.717) is 5.04 Å². The molecule has 0 aromatic rings. The Balaban J connectivity index is 3.37. The van der Waals surface area contributed by atoms with Gasteiger partial charge in [-0.05, 0) is 24.6 Å². The highest BCUT2D eigenvalue weighted by atomic mass is 28.4. The molecule has 1 nitrogen and oxygen atoms in total. The third-order valence-electron chi connectivity index (χ3n) is 4.41. The molecule has 0 aliphatic rings. The molecule has 0 aliphatic carbocycles. The first-order valence-electron chi connectivity index (χ1n) is 8.24. The summed E-state index contributed by atoms with van der Waals surface area (Å²) in [5.41, 5.74) is 0. The molecule has 0 fully saturated rings. The molecular formula is C17H37OSi. The van der Waals surface area contributed by atoms with Crippen molar-refractivity contribution < 1.29 is 4.43 Å². The molecule has 2 heteroatoms. The molecule has 0 spiro atoms. The number of rotatable bonds is 11. The van der Waals surface area contributed by atoms with E-state index in [-0.39, 0.29) is 0 Å². The van der Waals surface area contributed by atoms with Crippen molar-refractivity contribution in [2.45, 2.75) is 96.7 Å². The molecule has 115 valence electrons. The highest BCUT2D eigenvalue weighted by Crippen LogP contribution is 2.36. The second kappa shape index (κ2) is 9.98. The van der Waals surface area contributed by atoms with Crippen molar-refractivity contribution in [2.24, 2.45) is 0 Å². The van der Waals surface area contributed by atoms with Gasteiger partial charge in [-0.15, -0.1) is 0 Å². The lowest BCUT2D eigenvalue weighted by Crippen LogP contribution is -2.40. The summed E-state index contributed by atoms with van der Waals surface area (Å²) in [7, 11) is -1.50. The molecule has 19 heavy (non-hydrogen) atoms. The summed E-state index contributed by atoms with van der Waals surface area (Å²) in [6.45, 7) is 16.5. The number of hydrogen-bond acceptors (Lipinski definition) is 1. The van der Waals surface area contributed by atoms with Gasteiger partial charge in [-0.2, -0.15) is 0 Å². The van der Waals surface area contributed by atoms with Gasteiger partial charge in [-0.3, -0.25) is 0 Å². The van der Waals surface area contributed by atoms with E-state index < -0.39 is 8.32 Å². The van der Waals surface area contributed by atoms with Crippen molar-refractivity contribution in [3.63, 3.8) is 0 Å². The first kappa shape index (κ1) is 19.2. The maximum Gasteiger partial charge on any atom is 0.191 e. The Hall–Kier alpha value is 0.177. The molecule has 0 rings (SSSR count). The Kier molecular flexibility index (Phi) is 10.1. The smallest absolute Gasteiger partial charge is 0.191 e. The van der Waals surface area contributed by atoms with Crippen molar-refractivity contribution in [2.75, 3.05) is 6.61 Å². The average Bonchev–Trinajstić information content (AvgIpc) is 2.30. The van der Waals surface area contributed by atoms with Crippen molar-refractivity contribution in [3.8, 4) is 0 Å². The normalized spacial score (nSPS) is 12.9. The minimum absolute atomic E-state index is 0.348. The minimum Gasteiger partial charge on any atom is -0.417 e. The van der Waals surface area contributed by atoms with Crippen LogP contribution < -0.4 is 0 Å². The number of hydrogen-bond donors (Lipinski definition) is 0. The maximum atomic E-state index is 6.19. The third-order valence-corrected chi connectivity index (χ3v) is 8.95. The predicted octanol–water partition coefficient (Wildman–Crippen LogP) is 6.35. The molecule has 0 atom stereocenters. The Bertz CT molecular complexity index is 206. The molecular weight excluding hydrogens is 248 g/mol. The summed E-state index contributed by atoms with van der Waals surface area (Å²) in [4.78, 5) is 0. The van der Waals surface area contributed by atoms with Gasteiger partial charge in [0.15, 0.2) is 8.32 Å². The highest BCUT2D eigenvalue weighted by Gasteiger charge is 2.36. The first-order chi connectivity index (χ1) is 8.81. The maximum absolute atomic E-state index is 6.19. The summed E-state index contributed by atoms with van der Waals surface area (Å²) in [5, 5.41) is 0.348. The van der Waals surface area contributed by atoms with Crippen LogP contribution in [0.2, 0.25) is 18.1 Å². The van der Waals surface area contributed by atoms with Crippen LogP contribution >= 0.6 is 0 Å². The number of unbranched alkanes of at least 4 members (excludes halogenated alkanes) is 8. The van der Waals surface area contributed by atoms with E-state index in [1.807, 2.05) is 0 Å². The monoisotopic (exact) mass is 285 g/mol. The molecule has 0 bridgehead atoms. The fourth-order valence-corrected chi connectivity index (χ4v) is 2.97. The topological polar surface area (TPSA) is 9.23 Å². The van der Waals surface area contributed by atoms with E-state index in [1.54, 1.807) is 0 Å². The van der Waals surface area contributed by atoms with Crippen LogP contribution in [0.1, 0.15) is 78.6 Å². The lowest BCUT2D eigenvalue weighted by atomic mass is 10.1. The van der Waals surface area contributed by atoms with Gasteiger partial charge < -0.3 is 4.43 Å². The molecule has 0 amide bonds. The van der Waals surface area contributed by atoms with Gasteiger partial charge in [-0.25, -0.2) is 0 Å². The lowest BCUT2D eigenvalue weighted by molar-refractivity contribution is 0.277. The average molecular weight is 286 g/mol. The Morgan fingerprint density at radius 1 is 0.789 bits per heavy atom. The predicted molar refractivity (Wildman–Crippen MR) is 90.1 cm³/mol. The lowest BCUT2D eigenvalue weighted by Gasteiger charge is -2.36. The van der Waals surface area contributed by atoms with Crippen molar-refractivity contribution in [1.29, 1.82) is 0 Å². The van der Waals surface area contributed by atoms with Crippen LogP contribution in [0.3, 0.4) is 0 Å². The van der Waals surface area contributed by atoms with E-state index in [1.165, 1.54) is 51.4 Å². The Labute approximate surface area is 123 Å². The molecule has 1 radical (unpaired) electrons. The fourth-order valence-electron chi connectivity index (χ4n) is 1.88. The van der Waals surface area contributed by atoms with Gasteiger partial charge in [0.25, 0.3) is 0 Å². The molecule has 0 unspecified atom stereocenters. The van der Waals surface area contributed by atoms with Gasteiger partial charge in [0.05, 0.1) is 0 Å². The quantitative estimate of drug-likeness (QED) is 0.317. The van der Waals surface area contributed by atoms with E-state index in [4.69, 9.17) is 4.43 Å². The van der Waals surface area contributed by atoms with Crippen LogP contribution in [0.5, 0.6) is 0 Å². The molecule has 0 aromatic heterocycles. The van der Waals surface area contributed by atoms with Gasteiger partial charge >= 0.3 is 0 Å². The second-order valence-corrected chi connectivity index (χ2v) is 12.1. The van der Waals surface area contributed by atoms with Gasteiger partial charge in [-0.1, -0.05) is 79.1 Å². The van der Waals surface area contributed by atoms with Crippen molar-refractivity contribution >= 4 is 8.32 Å². The van der Waals surface area contributed by atoms with E-state index >= 15 is 0 Å². The zero-order valence-electron chi connectivity index (χ0n) is 14.2. The van der Waals surface area contributed by atoms with Crippen molar-refractivity contribution in [3.05, 3.63) is 6.92 Å². The van der Waals surface area contributed by atoms with Gasteiger partial charge in [0.1, 0.15) is 0 Å². The van der Waals surface area contributed by atoms with E-state index in [2.05, 4.69) is 40.8 Å². The molecule has 0 N–H and O–H groups in total. The first-order valence-corrected chi connectivity index (χ1v) is 11.2. The third kappa shape index (κ3) is 9.67. The zero-order valence-corrected chi connectivity index (χ0v) is 15.2. The van der Waals surface area contributed by atoms with Crippen LogP contribution in [0.4, 0.5) is 0 Å². The highest BCUT2D eigenvalue weighted by molar-refractivity contribution is 6.74. The van der Waals surface area contributed by atoms with Crippen LogP contribution in [0.15, 0.2) is 0 Å². The molecule has 0 heterocycles. The molecule has 0 saturated heterocycles. The minimum atomic E-state index is -1.50. The van der Waals surface area contributed by atoms with Crippen LogP contribution in [-0.2, 0) is 4.43 Å². The van der Waals surface area contributed by atoms with Crippen LogP contribution in [0.25, 0.3) is 0 Å². The standard InChI is InChI=1S/C17H37OSi/c1-7-8-9-10-11-12-13-14-15-16-18-19(5,6)17(2,3)4/h1,7-16H2,2-6H3. The summed E-state index contributed by atoms with van der Waals surface area (Å²) < 4.78 is 6.19. The largest absolute Gasteiger partial charge is 0.417 e. The van der Waals surface area contributed by atoms with Crippen LogP contribution in [0, 0.1) is 6.92 Å². The SMILES string of the molecule is [CH2]CCCCCCCCCCO[Si](C)(C)C(C)(C)C. The van der Waals surface area contributed by atoms with Crippen LogP contribution in [-0.4, -0.2) is 14.9 Å². The molecule has 0 aliphatic heterocycles. The molecule has 0 aromatic carbocycles. The van der Waals surface area contributed by atoms with Gasteiger partial charge in [0.2, 0.25) is 0 Å². The summed E-state index contributed by atoms with van der Waals surface area (Å²) in [6.07, 6.45) is 11.9. The summed E-state index contributed by atoms with van der Waals surface area (Å²) in [5.74, 6) is 0. The van der Waals surface area contributed by atoms with Crippen molar-refractivity contribution in [1.82, 2.24) is 0 Å². The Morgan fingerprint density at radius 2 is 1.21 bits per heavy atom.